The van der Waals surface area contributed by atoms with Gasteiger partial charge in [0.05, 0.1) is 11.4 Å². The molecule has 74 valence electrons. The molecule has 4 nitrogen and oxygen atoms in total. The Balaban J connectivity index is 2.46. The highest BCUT2D eigenvalue weighted by Crippen LogP contribution is 2.29. The van der Waals surface area contributed by atoms with Crippen molar-refractivity contribution in [2.75, 3.05) is 11.1 Å². The number of hydrogen-bond donors (Lipinski definition) is 3. The summed E-state index contributed by atoms with van der Waals surface area (Å²) >= 11 is 0. The summed E-state index contributed by atoms with van der Waals surface area (Å²) in [6, 6.07) is 3.83. The molecule has 4 heteroatoms. The number of carbonyl (C=O) groups excluding carboxylic acids is 1. The molecule has 0 fully saturated rings. The molecule has 1 aromatic carbocycles. The van der Waals surface area contributed by atoms with E-state index < -0.39 is 0 Å². The van der Waals surface area contributed by atoms with Crippen molar-refractivity contribution < 1.29 is 4.79 Å². The number of amides is 1. The minimum absolute atomic E-state index is 0.0861. The van der Waals surface area contributed by atoms with Gasteiger partial charge in [-0.15, -0.1) is 0 Å². The van der Waals surface area contributed by atoms with Crippen molar-refractivity contribution >= 4 is 17.3 Å². The van der Waals surface area contributed by atoms with Crippen LogP contribution in [0.1, 0.15) is 18.1 Å². The number of fused-ring (bicyclic) bond motifs is 1. The van der Waals surface area contributed by atoms with Gasteiger partial charge in [0, 0.05) is 20.0 Å². The van der Waals surface area contributed by atoms with Gasteiger partial charge in [0.15, 0.2) is 0 Å². The molecule has 1 aliphatic rings. The molecule has 1 aromatic rings. The fraction of sp³-hybridized carbons (Fsp3) is 0.300. The van der Waals surface area contributed by atoms with Gasteiger partial charge in [0.25, 0.3) is 0 Å². The van der Waals surface area contributed by atoms with Crippen LogP contribution in [0.3, 0.4) is 0 Å². The molecule has 1 aliphatic heterocycles. The Morgan fingerprint density at radius 3 is 3.00 bits per heavy atom. The van der Waals surface area contributed by atoms with E-state index in [2.05, 4.69) is 10.6 Å². The monoisotopic (exact) mass is 191 g/mol. The summed E-state index contributed by atoms with van der Waals surface area (Å²) in [4.78, 5) is 11.0. The number of nitrogens with two attached hydrogens (primary N) is 1. The molecule has 1 amide bonds. The van der Waals surface area contributed by atoms with Gasteiger partial charge in [-0.1, -0.05) is 6.07 Å². The Morgan fingerprint density at radius 1 is 1.50 bits per heavy atom. The summed E-state index contributed by atoms with van der Waals surface area (Å²) < 4.78 is 0. The van der Waals surface area contributed by atoms with Crippen LogP contribution in [-0.2, 0) is 17.9 Å². The number of rotatable bonds is 1. The highest BCUT2D eigenvalue weighted by atomic mass is 16.1. The quantitative estimate of drug-likeness (QED) is 0.576. The predicted octanol–water partition coefficient (Wildman–Crippen LogP) is 0.830. The van der Waals surface area contributed by atoms with Crippen molar-refractivity contribution in [2.45, 2.75) is 20.0 Å². The second-order valence-corrected chi connectivity index (χ2v) is 3.45. The average molecular weight is 191 g/mol. The van der Waals surface area contributed by atoms with Gasteiger partial charge in [-0.25, -0.2) is 0 Å². The van der Waals surface area contributed by atoms with E-state index >= 15 is 0 Å². The minimum Gasteiger partial charge on any atom is -0.397 e. The lowest BCUT2D eigenvalue weighted by Gasteiger charge is -2.11. The van der Waals surface area contributed by atoms with Gasteiger partial charge in [-0.2, -0.15) is 0 Å². The van der Waals surface area contributed by atoms with E-state index in [0.29, 0.717) is 5.69 Å². The van der Waals surface area contributed by atoms with Gasteiger partial charge < -0.3 is 16.4 Å². The van der Waals surface area contributed by atoms with Crippen molar-refractivity contribution in [2.24, 2.45) is 0 Å². The summed E-state index contributed by atoms with van der Waals surface area (Å²) in [5.74, 6) is -0.0861. The first kappa shape index (κ1) is 9.02. The molecular weight excluding hydrogens is 178 g/mol. The molecule has 0 atom stereocenters. The zero-order chi connectivity index (χ0) is 10.1. The van der Waals surface area contributed by atoms with Crippen LogP contribution < -0.4 is 16.4 Å². The molecule has 1 heterocycles. The van der Waals surface area contributed by atoms with Gasteiger partial charge in [0.2, 0.25) is 5.91 Å². The molecule has 0 saturated heterocycles. The lowest BCUT2D eigenvalue weighted by molar-refractivity contribution is -0.114. The van der Waals surface area contributed by atoms with Crippen molar-refractivity contribution in [3.63, 3.8) is 0 Å². The maximum atomic E-state index is 11.0. The van der Waals surface area contributed by atoms with Gasteiger partial charge in [0.1, 0.15) is 0 Å². The first-order valence-electron chi connectivity index (χ1n) is 4.57. The van der Waals surface area contributed by atoms with Crippen molar-refractivity contribution in [3.05, 3.63) is 23.3 Å². The molecule has 2 rings (SSSR count). The molecule has 0 saturated carbocycles. The Morgan fingerprint density at radius 2 is 2.29 bits per heavy atom. The van der Waals surface area contributed by atoms with Crippen LogP contribution in [0.2, 0.25) is 0 Å². The topological polar surface area (TPSA) is 67.2 Å². The van der Waals surface area contributed by atoms with Crippen LogP contribution in [0.15, 0.2) is 12.1 Å². The smallest absolute Gasteiger partial charge is 0.221 e. The van der Waals surface area contributed by atoms with E-state index in [1.807, 2.05) is 12.1 Å². The van der Waals surface area contributed by atoms with E-state index in [0.717, 1.165) is 24.3 Å². The molecule has 0 radical (unpaired) electrons. The van der Waals surface area contributed by atoms with Crippen LogP contribution in [0.4, 0.5) is 11.4 Å². The lowest BCUT2D eigenvalue weighted by Crippen LogP contribution is -2.11. The van der Waals surface area contributed by atoms with Gasteiger partial charge in [-0.05, 0) is 17.2 Å². The third kappa shape index (κ3) is 1.44. The zero-order valence-corrected chi connectivity index (χ0v) is 8.05. The van der Waals surface area contributed by atoms with Crippen LogP contribution in [0, 0.1) is 0 Å². The van der Waals surface area contributed by atoms with Crippen LogP contribution in [0.25, 0.3) is 0 Å². The van der Waals surface area contributed by atoms with Gasteiger partial charge >= 0.3 is 0 Å². The van der Waals surface area contributed by atoms with E-state index in [4.69, 9.17) is 5.73 Å². The third-order valence-corrected chi connectivity index (χ3v) is 2.36. The first-order valence-corrected chi connectivity index (χ1v) is 4.57. The average Bonchev–Trinajstić information content (AvgIpc) is 2.57. The Bertz CT molecular complexity index is 387. The summed E-state index contributed by atoms with van der Waals surface area (Å²) in [7, 11) is 0. The number of benzene rings is 1. The van der Waals surface area contributed by atoms with Crippen molar-refractivity contribution in [3.8, 4) is 0 Å². The van der Waals surface area contributed by atoms with Gasteiger partial charge in [-0.3, -0.25) is 4.79 Å². The summed E-state index contributed by atoms with van der Waals surface area (Å²) in [5, 5.41) is 5.99. The van der Waals surface area contributed by atoms with E-state index in [1.165, 1.54) is 12.5 Å². The fourth-order valence-corrected chi connectivity index (χ4v) is 1.72. The number of nitrogens with one attached hydrogen (secondary N) is 2. The largest absolute Gasteiger partial charge is 0.397 e. The van der Waals surface area contributed by atoms with Crippen LogP contribution in [0.5, 0.6) is 0 Å². The summed E-state index contributed by atoms with van der Waals surface area (Å²) in [6.45, 7) is 3.11. The van der Waals surface area contributed by atoms with Crippen LogP contribution in [-0.4, -0.2) is 5.91 Å². The molecule has 4 N–H and O–H groups in total. The summed E-state index contributed by atoms with van der Waals surface area (Å²) in [6.07, 6.45) is 0. The maximum Gasteiger partial charge on any atom is 0.221 e. The number of carbonyl (C=O) groups is 1. The Hall–Kier alpha value is -1.55. The van der Waals surface area contributed by atoms with Crippen molar-refractivity contribution in [1.29, 1.82) is 0 Å². The first-order chi connectivity index (χ1) is 6.68. The second-order valence-electron chi connectivity index (χ2n) is 3.45. The second kappa shape index (κ2) is 3.31. The minimum atomic E-state index is -0.0861. The SMILES string of the molecule is CC(=O)Nc1c(N)ccc2c1CNC2. The normalized spacial score (nSPS) is 13.8. The molecule has 0 bridgehead atoms. The van der Waals surface area contributed by atoms with Crippen LogP contribution >= 0.6 is 0 Å². The fourth-order valence-electron chi connectivity index (χ4n) is 1.72. The summed E-state index contributed by atoms with van der Waals surface area (Å²) in [5.41, 5.74) is 9.51. The number of anilines is 2. The van der Waals surface area contributed by atoms with E-state index in [9.17, 15) is 4.79 Å². The Kier molecular flexibility index (Phi) is 2.13. The number of hydrogen-bond acceptors (Lipinski definition) is 3. The number of nitrogen functional groups attached to an aromatic ring is 1. The van der Waals surface area contributed by atoms with E-state index in [1.54, 1.807) is 0 Å². The highest BCUT2D eigenvalue weighted by Gasteiger charge is 2.16. The molecule has 0 spiro atoms. The molecule has 14 heavy (non-hydrogen) atoms. The predicted molar refractivity (Wildman–Crippen MR) is 55.7 cm³/mol. The zero-order valence-electron chi connectivity index (χ0n) is 8.05. The molecule has 0 unspecified atom stereocenters. The van der Waals surface area contributed by atoms with Crippen molar-refractivity contribution in [1.82, 2.24) is 5.32 Å². The lowest BCUT2D eigenvalue weighted by atomic mass is 10.1. The Labute approximate surface area is 82.5 Å². The maximum absolute atomic E-state index is 11.0. The molecular formula is C10H13N3O. The van der Waals surface area contributed by atoms with E-state index in [-0.39, 0.29) is 5.91 Å². The highest BCUT2D eigenvalue weighted by molar-refractivity contribution is 5.93. The standard InChI is InChI=1S/C10H13N3O/c1-6(14)13-10-8-5-12-4-7(8)2-3-9(10)11/h2-3,12H,4-5,11H2,1H3,(H,13,14). The third-order valence-electron chi connectivity index (χ3n) is 2.36. The molecule has 0 aromatic heterocycles. The molecule has 0 aliphatic carbocycles.